The molecule has 0 aliphatic heterocycles. The molecule has 1 aromatic heterocycles. The highest BCUT2D eigenvalue weighted by molar-refractivity contribution is 5.91. The summed E-state index contributed by atoms with van der Waals surface area (Å²) in [6, 6.07) is 0. The minimum Gasteiger partial charge on any atom is -0.399 e. The fraction of sp³-hybridized carbons (Fsp3) is 0.333. The third kappa shape index (κ3) is 4.97. The van der Waals surface area contributed by atoms with Gasteiger partial charge in [-0.3, -0.25) is 4.79 Å². The number of hydrogen-bond acceptors (Lipinski definition) is 4. The number of hydrogen-bond donors (Lipinski definition) is 1. The maximum absolute atomic E-state index is 10.3. The van der Waals surface area contributed by atoms with E-state index in [-0.39, 0.29) is 5.92 Å². The van der Waals surface area contributed by atoms with Crippen LogP contribution in [0.4, 0.5) is 0 Å². The number of rotatable bonds is 2. The first kappa shape index (κ1) is 12.2. The standard InChI is InChI=1S/C6H11NO.C3H2O3/c1-4(2)5(3)6(7)8;4-3-5-1-2-6-3/h4H,3H2,1-2H3,(H2,7,8);1-2H. The van der Waals surface area contributed by atoms with Gasteiger partial charge in [0.1, 0.15) is 12.5 Å². The molecule has 14 heavy (non-hydrogen) atoms. The van der Waals surface area contributed by atoms with Gasteiger partial charge in [-0.15, -0.1) is 0 Å². The highest BCUT2D eigenvalue weighted by Crippen LogP contribution is 2.03. The van der Waals surface area contributed by atoms with E-state index < -0.39 is 11.7 Å². The van der Waals surface area contributed by atoms with E-state index in [0.29, 0.717) is 5.57 Å². The molecule has 0 aliphatic carbocycles. The van der Waals surface area contributed by atoms with Gasteiger partial charge < -0.3 is 14.6 Å². The molecule has 0 spiro atoms. The largest absolute Gasteiger partial charge is 0.518 e. The molecule has 0 atom stereocenters. The van der Waals surface area contributed by atoms with Crippen molar-refractivity contribution in [2.75, 3.05) is 0 Å². The predicted molar refractivity (Wildman–Crippen MR) is 50.4 cm³/mol. The van der Waals surface area contributed by atoms with Gasteiger partial charge in [0.15, 0.2) is 0 Å². The lowest BCUT2D eigenvalue weighted by Gasteiger charge is -2.01. The van der Waals surface area contributed by atoms with Gasteiger partial charge in [-0.05, 0) is 5.92 Å². The predicted octanol–water partition coefficient (Wildman–Crippen LogP) is 0.917. The second-order valence-corrected chi connectivity index (χ2v) is 2.80. The molecule has 1 aromatic rings. The van der Waals surface area contributed by atoms with Crippen molar-refractivity contribution in [3.8, 4) is 0 Å². The van der Waals surface area contributed by atoms with Crippen LogP contribution in [0, 0.1) is 5.92 Å². The van der Waals surface area contributed by atoms with Gasteiger partial charge in [-0.25, -0.2) is 4.79 Å². The van der Waals surface area contributed by atoms with Crippen LogP contribution in [-0.2, 0) is 4.79 Å². The second-order valence-electron chi connectivity index (χ2n) is 2.80. The summed E-state index contributed by atoms with van der Waals surface area (Å²) in [5.74, 6) is -0.887. The van der Waals surface area contributed by atoms with Gasteiger partial charge in [-0.2, -0.15) is 0 Å². The van der Waals surface area contributed by atoms with E-state index in [9.17, 15) is 9.59 Å². The maximum Gasteiger partial charge on any atom is 0.518 e. The van der Waals surface area contributed by atoms with Gasteiger partial charge >= 0.3 is 5.82 Å². The van der Waals surface area contributed by atoms with Crippen molar-refractivity contribution in [2.24, 2.45) is 11.7 Å². The Labute approximate surface area is 81.2 Å². The molecule has 1 heterocycles. The van der Waals surface area contributed by atoms with Crippen LogP contribution in [0.2, 0.25) is 0 Å². The van der Waals surface area contributed by atoms with Crippen molar-refractivity contribution in [3.05, 3.63) is 35.3 Å². The topological polar surface area (TPSA) is 86.4 Å². The van der Waals surface area contributed by atoms with E-state index in [1.165, 1.54) is 12.5 Å². The molecule has 0 unspecified atom stereocenters. The van der Waals surface area contributed by atoms with Crippen molar-refractivity contribution in [2.45, 2.75) is 13.8 Å². The van der Waals surface area contributed by atoms with Gasteiger partial charge in [0, 0.05) is 5.57 Å². The number of amides is 1. The van der Waals surface area contributed by atoms with Gasteiger partial charge in [0.2, 0.25) is 5.91 Å². The molecule has 0 radical (unpaired) electrons. The van der Waals surface area contributed by atoms with Crippen molar-refractivity contribution in [3.63, 3.8) is 0 Å². The van der Waals surface area contributed by atoms with Crippen molar-refractivity contribution in [1.29, 1.82) is 0 Å². The maximum atomic E-state index is 10.3. The molecular weight excluding hydrogens is 186 g/mol. The van der Waals surface area contributed by atoms with E-state index in [0.717, 1.165) is 0 Å². The average molecular weight is 199 g/mol. The average Bonchev–Trinajstić information content (AvgIpc) is 2.55. The van der Waals surface area contributed by atoms with Crippen molar-refractivity contribution >= 4 is 5.91 Å². The SMILES string of the molecule is C=C(C(N)=O)C(C)C.O=c1occo1. The minimum absolute atomic E-state index is 0.174. The lowest BCUT2D eigenvalue weighted by molar-refractivity contribution is -0.114. The van der Waals surface area contributed by atoms with Crippen LogP contribution in [0.5, 0.6) is 0 Å². The van der Waals surface area contributed by atoms with Crippen LogP contribution in [0.1, 0.15) is 13.8 Å². The highest BCUT2D eigenvalue weighted by Gasteiger charge is 2.03. The zero-order chi connectivity index (χ0) is 11.1. The molecule has 0 fully saturated rings. The number of nitrogens with two attached hydrogens (primary N) is 1. The van der Waals surface area contributed by atoms with E-state index >= 15 is 0 Å². The third-order valence-corrected chi connectivity index (χ3v) is 1.40. The van der Waals surface area contributed by atoms with Gasteiger partial charge in [0.05, 0.1) is 0 Å². The van der Waals surface area contributed by atoms with Crippen molar-refractivity contribution in [1.82, 2.24) is 0 Å². The molecule has 0 aliphatic rings. The second kappa shape index (κ2) is 5.80. The Morgan fingerprint density at radius 2 is 1.86 bits per heavy atom. The van der Waals surface area contributed by atoms with Gasteiger partial charge in [0.25, 0.3) is 0 Å². The summed E-state index contributed by atoms with van der Waals surface area (Å²) in [4.78, 5) is 20.0. The summed E-state index contributed by atoms with van der Waals surface area (Å²) in [5.41, 5.74) is 5.39. The van der Waals surface area contributed by atoms with E-state index in [1.807, 2.05) is 13.8 Å². The Balaban J connectivity index is 0.000000249. The fourth-order valence-corrected chi connectivity index (χ4v) is 0.479. The highest BCUT2D eigenvalue weighted by atomic mass is 16.5. The van der Waals surface area contributed by atoms with Crippen LogP contribution in [0.15, 0.2) is 38.3 Å². The lowest BCUT2D eigenvalue weighted by Crippen LogP contribution is -2.16. The zero-order valence-corrected chi connectivity index (χ0v) is 8.15. The summed E-state index contributed by atoms with van der Waals surface area (Å²) < 4.78 is 8.22. The first-order chi connectivity index (χ1) is 6.45. The molecule has 0 bridgehead atoms. The van der Waals surface area contributed by atoms with E-state index in [1.54, 1.807) is 0 Å². The Kier molecular flexibility index (Phi) is 5.06. The molecule has 0 saturated carbocycles. The molecule has 2 N–H and O–H groups in total. The van der Waals surface area contributed by atoms with Crippen molar-refractivity contribution < 1.29 is 13.6 Å². The van der Waals surface area contributed by atoms with E-state index in [4.69, 9.17) is 5.73 Å². The summed E-state index contributed by atoms with van der Waals surface area (Å²) in [6.45, 7) is 7.24. The smallest absolute Gasteiger partial charge is 0.399 e. The van der Waals surface area contributed by atoms with Crippen LogP contribution in [-0.4, -0.2) is 5.91 Å². The Bertz CT molecular complexity index is 331. The lowest BCUT2D eigenvalue weighted by atomic mass is 10.1. The molecule has 5 heteroatoms. The summed E-state index contributed by atoms with van der Waals surface area (Å²) >= 11 is 0. The monoisotopic (exact) mass is 199 g/mol. The first-order valence-electron chi connectivity index (χ1n) is 3.96. The quantitative estimate of drug-likeness (QED) is 0.717. The van der Waals surface area contributed by atoms with Crippen LogP contribution < -0.4 is 11.6 Å². The minimum atomic E-state index is -0.657. The Hall–Kier alpha value is -1.78. The molecule has 1 amide bonds. The molecule has 1 rings (SSSR count). The van der Waals surface area contributed by atoms with Crippen LogP contribution >= 0.6 is 0 Å². The fourth-order valence-electron chi connectivity index (χ4n) is 0.479. The number of carbonyl (C=O) groups excluding carboxylic acids is 1. The molecule has 0 aromatic carbocycles. The molecule has 78 valence electrons. The summed E-state index contributed by atoms with van der Waals surface area (Å²) in [6.07, 6.45) is 2.37. The number of primary amides is 1. The van der Waals surface area contributed by atoms with E-state index in [2.05, 4.69) is 15.4 Å². The molecule has 5 nitrogen and oxygen atoms in total. The summed E-state index contributed by atoms with van der Waals surface area (Å²) in [7, 11) is 0. The number of carbonyl (C=O) groups is 1. The Morgan fingerprint density at radius 1 is 1.43 bits per heavy atom. The van der Waals surface area contributed by atoms with Gasteiger partial charge in [-0.1, -0.05) is 20.4 Å². The Morgan fingerprint density at radius 3 is 1.93 bits per heavy atom. The molecule has 0 saturated heterocycles. The zero-order valence-electron chi connectivity index (χ0n) is 8.15. The van der Waals surface area contributed by atoms with Crippen LogP contribution in [0.25, 0.3) is 0 Å². The first-order valence-corrected chi connectivity index (χ1v) is 3.96. The summed E-state index contributed by atoms with van der Waals surface area (Å²) in [5, 5.41) is 0. The van der Waals surface area contributed by atoms with Crippen LogP contribution in [0.3, 0.4) is 0 Å². The normalized spacial score (nSPS) is 9.07. The third-order valence-electron chi connectivity index (χ3n) is 1.40. The molecular formula is C9H13NO4.